The van der Waals surface area contributed by atoms with Crippen molar-refractivity contribution in [1.82, 2.24) is 9.55 Å². The van der Waals surface area contributed by atoms with Gasteiger partial charge in [-0.25, -0.2) is 4.98 Å². The minimum absolute atomic E-state index is 0.265. The number of aliphatic carboxylic acids is 1. The maximum atomic E-state index is 12.1. The molecular formula is C11H12N2O3S. The molecule has 17 heavy (non-hydrogen) atoms. The second kappa shape index (κ2) is 4.29. The summed E-state index contributed by atoms with van der Waals surface area (Å²) in [6, 6.07) is 0. The third-order valence-corrected chi connectivity index (χ3v) is 3.69. The summed E-state index contributed by atoms with van der Waals surface area (Å²) in [5.74, 6) is -1.04. The third-order valence-electron chi connectivity index (χ3n) is 2.64. The highest BCUT2D eigenvalue weighted by atomic mass is 32.1. The van der Waals surface area contributed by atoms with Gasteiger partial charge in [-0.05, 0) is 18.9 Å². The van der Waals surface area contributed by atoms with Crippen LogP contribution in [0, 0.1) is 6.92 Å². The predicted octanol–water partition coefficient (Wildman–Crippen LogP) is 1.41. The van der Waals surface area contributed by atoms with Gasteiger partial charge >= 0.3 is 5.97 Å². The number of aryl methyl sites for hydroxylation is 2. The van der Waals surface area contributed by atoms with E-state index < -0.39 is 5.97 Å². The maximum absolute atomic E-state index is 12.1. The van der Waals surface area contributed by atoms with Crippen LogP contribution >= 0.6 is 11.3 Å². The molecule has 0 saturated carbocycles. The second-order valence-corrected chi connectivity index (χ2v) is 4.95. The van der Waals surface area contributed by atoms with Gasteiger partial charge in [0.15, 0.2) is 0 Å². The number of carbonyl (C=O) groups is 1. The van der Waals surface area contributed by atoms with E-state index in [4.69, 9.17) is 5.11 Å². The van der Waals surface area contributed by atoms with E-state index in [1.807, 2.05) is 13.8 Å². The average molecular weight is 252 g/mol. The number of hydrogen-bond donors (Lipinski definition) is 1. The zero-order chi connectivity index (χ0) is 12.6. The van der Waals surface area contributed by atoms with Crippen LogP contribution < -0.4 is 5.56 Å². The van der Waals surface area contributed by atoms with Gasteiger partial charge in [0, 0.05) is 4.88 Å². The van der Waals surface area contributed by atoms with Crippen LogP contribution in [-0.2, 0) is 17.8 Å². The van der Waals surface area contributed by atoms with E-state index in [1.165, 1.54) is 17.7 Å². The molecule has 0 unspecified atom stereocenters. The Balaban J connectivity index is 2.73. The summed E-state index contributed by atoms with van der Waals surface area (Å²) < 4.78 is 1.13. The highest BCUT2D eigenvalue weighted by molar-refractivity contribution is 7.18. The number of carboxylic acids is 1. The molecule has 0 spiro atoms. The van der Waals surface area contributed by atoms with Crippen LogP contribution in [-0.4, -0.2) is 20.6 Å². The van der Waals surface area contributed by atoms with Crippen molar-refractivity contribution in [2.24, 2.45) is 0 Å². The number of thiophene rings is 1. The van der Waals surface area contributed by atoms with Gasteiger partial charge in [0.2, 0.25) is 0 Å². The third kappa shape index (κ3) is 1.95. The fraction of sp³-hybridized carbons (Fsp3) is 0.364. The van der Waals surface area contributed by atoms with Crippen molar-refractivity contribution >= 4 is 27.5 Å². The molecule has 0 radical (unpaired) electrons. The van der Waals surface area contributed by atoms with Gasteiger partial charge in [-0.1, -0.05) is 6.92 Å². The maximum Gasteiger partial charge on any atom is 0.323 e. The summed E-state index contributed by atoms with van der Waals surface area (Å²) in [5, 5.41) is 9.28. The Bertz CT molecular complexity index is 642. The molecule has 0 saturated heterocycles. The van der Waals surface area contributed by atoms with E-state index in [0.29, 0.717) is 10.2 Å². The summed E-state index contributed by atoms with van der Waals surface area (Å²) in [6.45, 7) is 3.58. The Labute approximate surface area is 101 Å². The normalized spacial score (nSPS) is 10.9. The molecule has 0 aliphatic carbocycles. The Morgan fingerprint density at radius 1 is 1.59 bits per heavy atom. The lowest BCUT2D eigenvalue weighted by molar-refractivity contribution is -0.137. The van der Waals surface area contributed by atoms with Crippen LogP contribution in [0.3, 0.4) is 0 Å². The molecule has 0 amide bonds. The van der Waals surface area contributed by atoms with E-state index >= 15 is 0 Å². The first-order chi connectivity index (χ1) is 8.04. The largest absolute Gasteiger partial charge is 0.480 e. The molecule has 2 rings (SSSR count). The Kier molecular flexibility index (Phi) is 2.97. The molecule has 0 fully saturated rings. The number of nitrogens with zero attached hydrogens (tertiary/aromatic N) is 2. The van der Waals surface area contributed by atoms with Gasteiger partial charge in [0.1, 0.15) is 11.4 Å². The van der Waals surface area contributed by atoms with E-state index in [0.717, 1.165) is 21.4 Å². The Morgan fingerprint density at radius 2 is 2.29 bits per heavy atom. The van der Waals surface area contributed by atoms with Crippen molar-refractivity contribution in [2.45, 2.75) is 26.8 Å². The first-order valence-corrected chi connectivity index (χ1v) is 6.05. The molecule has 0 aromatic carbocycles. The van der Waals surface area contributed by atoms with Crippen molar-refractivity contribution in [3.63, 3.8) is 0 Å². The molecule has 1 N–H and O–H groups in total. The van der Waals surface area contributed by atoms with Crippen LogP contribution in [0.15, 0.2) is 11.1 Å². The van der Waals surface area contributed by atoms with Crippen molar-refractivity contribution < 1.29 is 9.90 Å². The van der Waals surface area contributed by atoms with Crippen LogP contribution in [0.5, 0.6) is 0 Å². The van der Waals surface area contributed by atoms with E-state index in [2.05, 4.69) is 4.98 Å². The van der Waals surface area contributed by atoms with Crippen LogP contribution in [0.1, 0.15) is 17.4 Å². The quantitative estimate of drug-likeness (QED) is 0.896. The number of fused-ring (bicyclic) bond motifs is 1. The lowest BCUT2D eigenvalue weighted by Crippen LogP contribution is -2.24. The predicted molar refractivity (Wildman–Crippen MR) is 65.6 cm³/mol. The summed E-state index contributed by atoms with van der Waals surface area (Å²) in [5.41, 5.74) is 0.709. The van der Waals surface area contributed by atoms with Crippen LogP contribution in [0.25, 0.3) is 10.2 Å². The van der Waals surface area contributed by atoms with E-state index in [-0.39, 0.29) is 12.1 Å². The van der Waals surface area contributed by atoms with E-state index in [1.54, 1.807) is 0 Å². The lowest BCUT2D eigenvalue weighted by atomic mass is 10.1. The van der Waals surface area contributed by atoms with Gasteiger partial charge in [-0.3, -0.25) is 14.2 Å². The first kappa shape index (κ1) is 11.8. The van der Waals surface area contributed by atoms with Crippen molar-refractivity contribution in [3.8, 4) is 0 Å². The van der Waals surface area contributed by atoms with Crippen LogP contribution in [0.2, 0.25) is 0 Å². The van der Waals surface area contributed by atoms with Crippen molar-refractivity contribution in [3.05, 3.63) is 27.1 Å². The minimum Gasteiger partial charge on any atom is -0.480 e. The fourth-order valence-electron chi connectivity index (χ4n) is 1.88. The number of rotatable bonds is 3. The topological polar surface area (TPSA) is 72.2 Å². The van der Waals surface area contributed by atoms with Gasteiger partial charge < -0.3 is 5.11 Å². The summed E-state index contributed by atoms with van der Waals surface area (Å²) in [7, 11) is 0. The zero-order valence-corrected chi connectivity index (χ0v) is 10.4. The first-order valence-electron chi connectivity index (χ1n) is 5.23. The summed E-state index contributed by atoms with van der Waals surface area (Å²) in [4.78, 5) is 28.7. The molecule has 2 aromatic heterocycles. The van der Waals surface area contributed by atoms with Crippen LogP contribution in [0.4, 0.5) is 0 Å². The van der Waals surface area contributed by atoms with Gasteiger partial charge in [-0.2, -0.15) is 0 Å². The standard InChI is InChI=1S/C11H12N2O3S/c1-3-7-6(2)17-10-9(7)11(16)13(5-12-10)4-8(14)15/h5H,3-4H2,1-2H3,(H,14,15). The van der Waals surface area contributed by atoms with Gasteiger partial charge in [0.05, 0.1) is 11.7 Å². The SMILES string of the molecule is CCc1c(C)sc2ncn(CC(=O)O)c(=O)c12. The second-order valence-electron chi connectivity index (χ2n) is 3.74. The van der Waals surface area contributed by atoms with Crippen molar-refractivity contribution in [1.29, 1.82) is 0 Å². The number of hydrogen-bond acceptors (Lipinski definition) is 4. The molecule has 2 aromatic rings. The molecule has 90 valence electrons. The molecule has 0 aliphatic rings. The average Bonchev–Trinajstić information content (AvgIpc) is 2.58. The van der Waals surface area contributed by atoms with Gasteiger partial charge in [-0.15, -0.1) is 11.3 Å². The number of carboxylic acid groups (broad SMARTS) is 1. The zero-order valence-electron chi connectivity index (χ0n) is 9.56. The minimum atomic E-state index is -1.04. The highest BCUT2D eigenvalue weighted by Crippen LogP contribution is 2.26. The Hall–Kier alpha value is -1.69. The monoisotopic (exact) mass is 252 g/mol. The molecule has 5 nitrogen and oxygen atoms in total. The Morgan fingerprint density at radius 3 is 2.88 bits per heavy atom. The highest BCUT2D eigenvalue weighted by Gasteiger charge is 2.14. The molecule has 6 heteroatoms. The molecule has 2 heterocycles. The molecule has 0 aliphatic heterocycles. The smallest absolute Gasteiger partial charge is 0.323 e. The summed E-state index contributed by atoms with van der Waals surface area (Å²) >= 11 is 1.47. The molecular weight excluding hydrogens is 240 g/mol. The molecule has 0 bridgehead atoms. The lowest BCUT2D eigenvalue weighted by Gasteiger charge is -2.01. The number of aromatic nitrogens is 2. The molecule has 0 atom stereocenters. The van der Waals surface area contributed by atoms with Crippen molar-refractivity contribution in [2.75, 3.05) is 0 Å². The van der Waals surface area contributed by atoms with Gasteiger partial charge in [0.25, 0.3) is 5.56 Å². The van der Waals surface area contributed by atoms with E-state index in [9.17, 15) is 9.59 Å². The fourth-order valence-corrected chi connectivity index (χ4v) is 2.95. The summed E-state index contributed by atoms with van der Waals surface area (Å²) in [6.07, 6.45) is 2.05.